The minimum atomic E-state index is -0.558. The number of nitrogens with one attached hydrogen (secondary N) is 1. The summed E-state index contributed by atoms with van der Waals surface area (Å²) in [6, 6.07) is 16.7. The molecule has 1 N–H and O–H groups in total. The van der Waals surface area contributed by atoms with E-state index in [0.29, 0.717) is 34.7 Å². The number of carbonyl (C=O) groups is 5. The van der Waals surface area contributed by atoms with Crippen LogP contribution in [0.1, 0.15) is 46.4 Å². The summed E-state index contributed by atoms with van der Waals surface area (Å²) in [6.07, 6.45) is -0.837. The van der Waals surface area contributed by atoms with Crippen molar-refractivity contribution in [3.63, 3.8) is 0 Å². The maximum atomic E-state index is 12.0. The van der Waals surface area contributed by atoms with Gasteiger partial charge in [0.05, 0.1) is 17.9 Å². The summed E-state index contributed by atoms with van der Waals surface area (Å²) in [4.78, 5) is 59.7. The molecule has 0 bridgehead atoms. The molecule has 0 spiro atoms. The molecule has 0 saturated heterocycles. The van der Waals surface area contributed by atoms with Crippen molar-refractivity contribution in [2.24, 2.45) is 0 Å². The van der Waals surface area contributed by atoms with Crippen molar-refractivity contribution in [1.82, 2.24) is 0 Å². The Morgan fingerprint density at radius 2 is 1.03 bits per heavy atom. The lowest BCUT2D eigenvalue weighted by atomic mass is 10.1. The molecule has 0 fully saturated rings. The Hall–Kier alpha value is -2.84. The van der Waals surface area contributed by atoms with Crippen LogP contribution in [0.15, 0.2) is 60.7 Å². The molecule has 0 amide bonds. The van der Waals surface area contributed by atoms with Gasteiger partial charge in [-0.2, -0.15) is 0 Å². The maximum Gasteiger partial charge on any atom is 0.204 e. The van der Waals surface area contributed by atoms with Crippen molar-refractivity contribution in [3.05, 3.63) is 71.8 Å². The summed E-state index contributed by atoms with van der Waals surface area (Å²) in [5.74, 6) is -0.695. The Morgan fingerprint density at radius 1 is 0.600 bits per heavy atom. The first-order valence-corrected chi connectivity index (χ1v) is 10.7. The first-order chi connectivity index (χ1) is 14.3. The molecule has 8 heteroatoms. The molecule has 30 heavy (non-hydrogen) atoms. The van der Waals surface area contributed by atoms with E-state index in [1.165, 1.54) is 0 Å². The largest absolute Gasteiger partial charge is 0.298 e. The summed E-state index contributed by atoms with van der Waals surface area (Å²) in [5, 5.41) is 6.24. The number of hydrogen-bond donors (Lipinski definition) is 1. The van der Waals surface area contributed by atoms with Gasteiger partial charge >= 0.3 is 0 Å². The van der Waals surface area contributed by atoms with E-state index in [1.54, 1.807) is 60.7 Å². The third-order valence-corrected chi connectivity index (χ3v) is 5.45. The van der Waals surface area contributed by atoms with Crippen LogP contribution < -0.4 is 0 Å². The fraction of sp³-hybridized carbons (Fsp3) is 0.182. The quantitative estimate of drug-likeness (QED) is 0.267. The van der Waals surface area contributed by atoms with Crippen molar-refractivity contribution in [2.45, 2.75) is 25.7 Å². The van der Waals surface area contributed by atoms with E-state index < -0.39 is 15.3 Å². The normalized spacial score (nSPS) is 10.3. The first kappa shape index (κ1) is 23.4. The molecule has 2 aromatic carbocycles. The fourth-order valence-corrected chi connectivity index (χ4v) is 3.71. The zero-order valence-electron chi connectivity index (χ0n) is 16.0. The first-order valence-electron chi connectivity index (χ1n) is 9.03. The lowest BCUT2D eigenvalue weighted by molar-refractivity contribution is -0.113. The number of Topliss-reactive ketones (excluding diaryl/α,β-unsaturated/α-hetero) is 2. The second kappa shape index (κ2) is 12.0. The number of rotatable bonds is 9. The van der Waals surface area contributed by atoms with E-state index in [-0.39, 0.29) is 42.3 Å². The van der Waals surface area contributed by atoms with Crippen LogP contribution in [0.3, 0.4) is 0 Å². The van der Waals surface area contributed by atoms with E-state index in [1.807, 2.05) is 0 Å². The van der Waals surface area contributed by atoms with Gasteiger partial charge in [-0.05, 0) is 23.5 Å². The molecule has 0 radical (unpaired) electrons. The molecule has 6 nitrogen and oxygen atoms in total. The van der Waals surface area contributed by atoms with E-state index in [0.717, 1.165) is 0 Å². The van der Waals surface area contributed by atoms with Gasteiger partial charge in [0.25, 0.3) is 0 Å². The van der Waals surface area contributed by atoms with Gasteiger partial charge in [-0.3, -0.25) is 29.4 Å². The highest BCUT2D eigenvalue weighted by atomic mass is 32.2. The van der Waals surface area contributed by atoms with Crippen molar-refractivity contribution >= 4 is 55.5 Å². The third-order valence-electron chi connectivity index (χ3n) is 3.82. The standard InChI is InChI=1S/C22H19NO5S2/c23-19(29-21(27)13-17(24)15-7-3-1-4-8-15)11-12-20(26)30-22(28)14-18(25)16-9-5-2-6-10-16/h1-10,23H,11-14H2. The van der Waals surface area contributed by atoms with Gasteiger partial charge in [-0.15, -0.1) is 0 Å². The summed E-state index contributed by atoms with van der Waals surface area (Å²) >= 11 is 1.06. The number of ketones is 2. The topological polar surface area (TPSA) is 109 Å². The smallest absolute Gasteiger partial charge is 0.204 e. The van der Waals surface area contributed by atoms with Crippen molar-refractivity contribution in [3.8, 4) is 0 Å². The number of carbonyl (C=O) groups excluding carboxylic acids is 5. The predicted octanol–water partition coefficient (Wildman–Crippen LogP) is 4.34. The molecule has 0 unspecified atom stereocenters. The summed E-state index contributed by atoms with van der Waals surface area (Å²) < 4.78 is 0. The van der Waals surface area contributed by atoms with Crippen molar-refractivity contribution < 1.29 is 24.0 Å². The van der Waals surface area contributed by atoms with Gasteiger partial charge in [0, 0.05) is 24.0 Å². The minimum Gasteiger partial charge on any atom is -0.298 e. The second-order valence-electron chi connectivity index (χ2n) is 6.18. The van der Waals surface area contributed by atoms with E-state index in [4.69, 9.17) is 5.41 Å². The van der Waals surface area contributed by atoms with Gasteiger partial charge in [-0.1, -0.05) is 60.7 Å². The lowest BCUT2D eigenvalue weighted by Crippen LogP contribution is -2.09. The Labute approximate surface area is 182 Å². The van der Waals surface area contributed by atoms with Gasteiger partial charge in [-0.25, -0.2) is 0 Å². The number of benzene rings is 2. The zero-order chi connectivity index (χ0) is 21.9. The average molecular weight is 442 g/mol. The molecular weight excluding hydrogens is 422 g/mol. The van der Waals surface area contributed by atoms with Crippen molar-refractivity contribution in [2.75, 3.05) is 0 Å². The van der Waals surface area contributed by atoms with Crippen LogP contribution in [0.25, 0.3) is 0 Å². The van der Waals surface area contributed by atoms with Crippen LogP contribution in [-0.2, 0) is 14.4 Å². The minimum absolute atomic E-state index is 0.0122. The van der Waals surface area contributed by atoms with Crippen LogP contribution >= 0.6 is 23.5 Å². The molecule has 0 atom stereocenters. The Kier molecular flexibility index (Phi) is 9.37. The highest BCUT2D eigenvalue weighted by Crippen LogP contribution is 2.18. The molecule has 0 aliphatic carbocycles. The maximum absolute atomic E-state index is 12.0. The Morgan fingerprint density at radius 3 is 1.50 bits per heavy atom. The lowest BCUT2D eigenvalue weighted by Gasteiger charge is -2.03. The number of hydrogen-bond acceptors (Lipinski definition) is 8. The van der Waals surface area contributed by atoms with Crippen LogP contribution in [0.2, 0.25) is 0 Å². The summed E-state index contributed by atoms with van der Waals surface area (Å²) in [6.45, 7) is 0. The second-order valence-corrected chi connectivity index (χ2v) is 8.44. The molecular formula is C22H19NO5S2. The molecule has 0 aliphatic heterocycles. The molecule has 0 aliphatic rings. The van der Waals surface area contributed by atoms with E-state index >= 15 is 0 Å². The molecule has 0 heterocycles. The Bertz CT molecular complexity index is 879. The molecule has 0 saturated carbocycles. The molecule has 0 aromatic heterocycles. The Balaban J connectivity index is 1.69. The van der Waals surface area contributed by atoms with Gasteiger partial charge in [0.2, 0.25) is 10.2 Å². The van der Waals surface area contributed by atoms with E-state index in [9.17, 15) is 24.0 Å². The molecule has 154 valence electrons. The van der Waals surface area contributed by atoms with Crippen LogP contribution in [0.4, 0.5) is 0 Å². The van der Waals surface area contributed by atoms with Crippen LogP contribution in [0, 0.1) is 5.41 Å². The fourth-order valence-electron chi connectivity index (χ4n) is 2.37. The van der Waals surface area contributed by atoms with Crippen molar-refractivity contribution in [1.29, 1.82) is 5.41 Å². The highest BCUT2D eigenvalue weighted by Gasteiger charge is 2.18. The van der Waals surface area contributed by atoms with Gasteiger partial charge in [0.15, 0.2) is 16.7 Å². The monoisotopic (exact) mass is 441 g/mol. The van der Waals surface area contributed by atoms with Gasteiger partial charge < -0.3 is 0 Å². The van der Waals surface area contributed by atoms with Crippen LogP contribution in [0.5, 0.6) is 0 Å². The van der Waals surface area contributed by atoms with E-state index in [2.05, 4.69) is 0 Å². The molecule has 2 rings (SSSR count). The van der Waals surface area contributed by atoms with Gasteiger partial charge in [0.1, 0.15) is 0 Å². The summed E-state index contributed by atoms with van der Waals surface area (Å²) in [7, 11) is 0. The zero-order valence-corrected chi connectivity index (χ0v) is 17.6. The SMILES string of the molecule is N=C(CCC(=O)SC(=O)CC(=O)c1ccccc1)SC(=O)CC(=O)c1ccccc1. The summed E-state index contributed by atoms with van der Waals surface area (Å²) in [5.41, 5.74) is 0.828. The predicted molar refractivity (Wildman–Crippen MR) is 118 cm³/mol. The van der Waals surface area contributed by atoms with Crippen LogP contribution in [-0.4, -0.2) is 32.0 Å². The third kappa shape index (κ3) is 8.26. The molecule has 2 aromatic rings. The highest BCUT2D eigenvalue weighted by molar-refractivity contribution is 8.26. The number of thioether (sulfide) groups is 2. The average Bonchev–Trinajstić information content (AvgIpc) is 2.73.